The van der Waals surface area contributed by atoms with E-state index >= 15 is 0 Å². The summed E-state index contributed by atoms with van der Waals surface area (Å²) in [4.78, 5) is 12.5. The number of anilines is 1. The Bertz CT molecular complexity index is 902. The number of carbonyl (C=O) groups excluding carboxylic acids is 1. The number of hydrogen-bond acceptors (Lipinski definition) is 7. The van der Waals surface area contributed by atoms with Crippen molar-refractivity contribution >= 4 is 22.4 Å². The number of methoxy groups -OCH3 is 1. The van der Waals surface area contributed by atoms with E-state index in [1.165, 1.54) is 11.3 Å². The standard InChI is InChI=1S/C16H16N6O2S/c1-24-10-4-2-9(3-5-10)15-21-22-16(25-15)18-14(23)13-11-8-17-7-6-12(11)19-20-13/h2-5,17H,6-8H2,1H3,(H,19,20)(H,18,22,23). The number of rotatable bonds is 4. The van der Waals surface area contributed by atoms with Crippen LogP contribution in [0.25, 0.3) is 10.6 Å². The van der Waals surface area contributed by atoms with Crippen LogP contribution < -0.4 is 15.4 Å². The minimum Gasteiger partial charge on any atom is -0.497 e. The summed E-state index contributed by atoms with van der Waals surface area (Å²) in [7, 11) is 1.62. The van der Waals surface area contributed by atoms with Crippen molar-refractivity contribution in [1.82, 2.24) is 25.7 Å². The molecule has 3 aromatic rings. The van der Waals surface area contributed by atoms with Gasteiger partial charge in [-0.15, -0.1) is 10.2 Å². The number of ether oxygens (including phenoxy) is 1. The largest absolute Gasteiger partial charge is 0.497 e. The van der Waals surface area contributed by atoms with Crippen LogP contribution in [0.2, 0.25) is 0 Å². The van der Waals surface area contributed by atoms with E-state index in [2.05, 4.69) is 31.0 Å². The number of hydrogen-bond donors (Lipinski definition) is 3. The minimum atomic E-state index is -0.279. The molecule has 0 atom stereocenters. The average Bonchev–Trinajstić information content (AvgIpc) is 3.28. The summed E-state index contributed by atoms with van der Waals surface area (Å²) in [6.45, 7) is 1.53. The molecule has 25 heavy (non-hydrogen) atoms. The second kappa shape index (κ2) is 6.61. The van der Waals surface area contributed by atoms with Crippen molar-refractivity contribution in [3.63, 3.8) is 0 Å². The van der Waals surface area contributed by atoms with Gasteiger partial charge in [-0.05, 0) is 24.3 Å². The van der Waals surface area contributed by atoms with Crippen LogP contribution in [0.4, 0.5) is 5.13 Å². The number of aromatic nitrogens is 4. The van der Waals surface area contributed by atoms with Crippen molar-refractivity contribution in [2.24, 2.45) is 0 Å². The van der Waals surface area contributed by atoms with E-state index in [0.717, 1.165) is 40.5 Å². The number of nitrogens with one attached hydrogen (secondary N) is 3. The maximum absolute atomic E-state index is 12.5. The molecular formula is C16H16N6O2S. The van der Waals surface area contributed by atoms with Crippen LogP contribution in [0, 0.1) is 0 Å². The molecule has 3 N–H and O–H groups in total. The van der Waals surface area contributed by atoms with Crippen molar-refractivity contribution in [2.45, 2.75) is 13.0 Å². The van der Waals surface area contributed by atoms with Gasteiger partial charge >= 0.3 is 0 Å². The fourth-order valence-electron chi connectivity index (χ4n) is 2.69. The molecule has 4 rings (SSSR count). The van der Waals surface area contributed by atoms with Gasteiger partial charge in [0.2, 0.25) is 5.13 Å². The van der Waals surface area contributed by atoms with Gasteiger partial charge in [0.1, 0.15) is 10.8 Å². The molecule has 1 aliphatic rings. The molecule has 1 aliphatic heterocycles. The van der Waals surface area contributed by atoms with Gasteiger partial charge in [0, 0.05) is 36.3 Å². The van der Waals surface area contributed by atoms with E-state index in [1.807, 2.05) is 24.3 Å². The Morgan fingerprint density at radius 1 is 1.28 bits per heavy atom. The quantitative estimate of drug-likeness (QED) is 0.659. The third-order valence-corrected chi connectivity index (χ3v) is 4.89. The average molecular weight is 356 g/mol. The Balaban J connectivity index is 1.50. The molecule has 0 spiro atoms. The van der Waals surface area contributed by atoms with E-state index < -0.39 is 0 Å². The van der Waals surface area contributed by atoms with E-state index in [4.69, 9.17) is 4.74 Å². The van der Waals surface area contributed by atoms with Crippen molar-refractivity contribution in [3.8, 4) is 16.3 Å². The Hall–Kier alpha value is -2.78. The maximum atomic E-state index is 12.5. The predicted molar refractivity (Wildman–Crippen MR) is 93.8 cm³/mol. The normalized spacial score (nSPS) is 13.3. The maximum Gasteiger partial charge on any atom is 0.278 e. The molecule has 0 saturated carbocycles. The zero-order valence-electron chi connectivity index (χ0n) is 13.5. The van der Waals surface area contributed by atoms with Gasteiger partial charge in [0.25, 0.3) is 5.91 Å². The summed E-state index contributed by atoms with van der Waals surface area (Å²) >= 11 is 1.31. The number of fused-ring (bicyclic) bond motifs is 1. The number of H-pyrrole nitrogens is 1. The third kappa shape index (κ3) is 3.11. The lowest BCUT2D eigenvalue weighted by Crippen LogP contribution is -2.25. The topological polar surface area (TPSA) is 105 Å². The fourth-order valence-corrected chi connectivity index (χ4v) is 3.44. The highest BCUT2D eigenvalue weighted by molar-refractivity contribution is 7.18. The molecule has 1 amide bonds. The summed E-state index contributed by atoms with van der Waals surface area (Å²) in [6, 6.07) is 7.53. The van der Waals surface area contributed by atoms with Crippen LogP contribution >= 0.6 is 11.3 Å². The first-order valence-electron chi connectivity index (χ1n) is 7.80. The Labute approximate surface area is 147 Å². The highest BCUT2D eigenvalue weighted by Gasteiger charge is 2.22. The lowest BCUT2D eigenvalue weighted by molar-refractivity contribution is 0.102. The molecule has 0 saturated heterocycles. The first-order valence-corrected chi connectivity index (χ1v) is 8.62. The first kappa shape index (κ1) is 15.7. The first-order chi connectivity index (χ1) is 12.2. The van der Waals surface area contributed by atoms with Gasteiger partial charge < -0.3 is 10.1 Å². The Morgan fingerprint density at radius 3 is 2.92 bits per heavy atom. The van der Waals surface area contributed by atoms with E-state index in [0.29, 0.717) is 17.4 Å². The summed E-state index contributed by atoms with van der Waals surface area (Å²) < 4.78 is 5.15. The van der Waals surface area contributed by atoms with E-state index in [-0.39, 0.29) is 5.91 Å². The van der Waals surface area contributed by atoms with Gasteiger partial charge in [0.15, 0.2) is 5.69 Å². The monoisotopic (exact) mass is 356 g/mol. The molecule has 1 aromatic carbocycles. The number of amides is 1. The van der Waals surface area contributed by atoms with Gasteiger partial charge in [-0.2, -0.15) is 5.10 Å². The SMILES string of the molecule is COc1ccc(-c2nnc(NC(=O)c3n[nH]c4c3CNCC4)s2)cc1. The highest BCUT2D eigenvalue weighted by atomic mass is 32.1. The molecule has 0 bridgehead atoms. The number of aromatic amines is 1. The van der Waals surface area contributed by atoms with Crippen LogP contribution in [0.1, 0.15) is 21.7 Å². The highest BCUT2D eigenvalue weighted by Crippen LogP contribution is 2.28. The number of carbonyl (C=O) groups is 1. The van der Waals surface area contributed by atoms with Crippen molar-refractivity contribution in [1.29, 1.82) is 0 Å². The summed E-state index contributed by atoms with van der Waals surface area (Å²) in [6.07, 6.45) is 0.843. The molecule has 9 heteroatoms. The number of nitrogens with zero attached hydrogens (tertiary/aromatic N) is 3. The summed E-state index contributed by atoms with van der Waals surface area (Å²) in [5, 5.41) is 22.5. The van der Waals surface area contributed by atoms with Gasteiger partial charge in [-0.3, -0.25) is 15.2 Å². The minimum absolute atomic E-state index is 0.279. The molecule has 2 aromatic heterocycles. The van der Waals surface area contributed by atoms with Gasteiger partial charge in [-0.25, -0.2) is 0 Å². The van der Waals surface area contributed by atoms with Crippen LogP contribution in [0.15, 0.2) is 24.3 Å². The molecule has 0 aliphatic carbocycles. The smallest absolute Gasteiger partial charge is 0.278 e. The predicted octanol–water partition coefficient (Wildman–Crippen LogP) is 1.83. The van der Waals surface area contributed by atoms with Gasteiger partial charge in [-0.1, -0.05) is 11.3 Å². The van der Waals surface area contributed by atoms with Crippen molar-refractivity contribution < 1.29 is 9.53 Å². The van der Waals surface area contributed by atoms with Crippen LogP contribution in [0.3, 0.4) is 0 Å². The number of benzene rings is 1. The van der Waals surface area contributed by atoms with Gasteiger partial charge in [0.05, 0.1) is 7.11 Å². The second-order valence-electron chi connectivity index (χ2n) is 5.55. The van der Waals surface area contributed by atoms with E-state index in [9.17, 15) is 4.79 Å². The molecular weight excluding hydrogens is 340 g/mol. The van der Waals surface area contributed by atoms with Crippen LogP contribution in [-0.2, 0) is 13.0 Å². The van der Waals surface area contributed by atoms with E-state index in [1.54, 1.807) is 7.11 Å². The van der Waals surface area contributed by atoms with Crippen LogP contribution in [-0.4, -0.2) is 40.0 Å². The summed E-state index contributed by atoms with van der Waals surface area (Å²) in [5.74, 6) is 0.498. The zero-order chi connectivity index (χ0) is 17.2. The molecule has 8 nitrogen and oxygen atoms in total. The molecule has 0 fully saturated rings. The van der Waals surface area contributed by atoms with Crippen molar-refractivity contribution in [3.05, 3.63) is 41.2 Å². The molecule has 0 unspecified atom stereocenters. The lowest BCUT2D eigenvalue weighted by Gasteiger charge is -2.12. The lowest BCUT2D eigenvalue weighted by atomic mass is 10.1. The van der Waals surface area contributed by atoms with Crippen LogP contribution in [0.5, 0.6) is 5.75 Å². The fraction of sp³-hybridized carbons (Fsp3) is 0.250. The molecule has 3 heterocycles. The summed E-state index contributed by atoms with van der Waals surface area (Å²) in [5.41, 5.74) is 3.26. The molecule has 0 radical (unpaired) electrons. The Kier molecular flexibility index (Phi) is 4.16. The zero-order valence-corrected chi connectivity index (χ0v) is 14.3. The second-order valence-corrected chi connectivity index (χ2v) is 6.53. The third-order valence-electron chi connectivity index (χ3n) is 4.00. The van der Waals surface area contributed by atoms with Crippen molar-refractivity contribution in [2.75, 3.05) is 19.0 Å². The Morgan fingerprint density at radius 2 is 2.12 bits per heavy atom. The molecule has 128 valence electrons.